The average Bonchev–Trinajstić information content (AvgIpc) is 2.45. The van der Waals surface area contributed by atoms with Crippen molar-refractivity contribution in [3.05, 3.63) is 59.7 Å². The van der Waals surface area contributed by atoms with Crippen LogP contribution in [0.1, 0.15) is 17.2 Å². The van der Waals surface area contributed by atoms with Gasteiger partial charge < -0.3 is 15.2 Å². The van der Waals surface area contributed by atoms with Crippen molar-refractivity contribution in [2.75, 3.05) is 12.4 Å². The van der Waals surface area contributed by atoms with Crippen LogP contribution < -0.4 is 10.1 Å². The third-order valence-electron chi connectivity index (χ3n) is 3.03. The lowest BCUT2D eigenvalue weighted by atomic mass is 10.1. The zero-order chi connectivity index (χ0) is 14.5. The summed E-state index contributed by atoms with van der Waals surface area (Å²) >= 11 is 0. The molecule has 2 aromatic carbocycles. The number of anilines is 1. The van der Waals surface area contributed by atoms with Crippen molar-refractivity contribution < 1.29 is 14.6 Å². The van der Waals surface area contributed by atoms with E-state index in [4.69, 9.17) is 4.74 Å². The van der Waals surface area contributed by atoms with Crippen molar-refractivity contribution in [3.8, 4) is 5.75 Å². The van der Waals surface area contributed by atoms with Crippen LogP contribution in [0.25, 0.3) is 0 Å². The van der Waals surface area contributed by atoms with Crippen molar-refractivity contribution in [1.82, 2.24) is 0 Å². The Hall–Kier alpha value is -2.49. The molecule has 0 saturated heterocycles. The van der Waals surface area contributed by atoms with Crippen molar-refractivity contribution >= 4 is 11.7 Å². The van der Waals surface area contributed by atoms with Crippen LogP contribution in [-0.2, 0) is 4.79 Å². The number of methoxy groups -OCH3 is 1. The second kappa shape index (κ2) is 6.10. The van der Waals surface area contributed by atoms with Crippen LogP contribution in [0.5, 0.6) is 5.75 Å². The number of carboxylic acids is 1. The molecule has 0 heterocycles. The van der Waals surface area contributed by atoms with E-state index in [0.717, 1.165) is 5.56 Å². The van der Waals surface area contributed by atoms with Crippen LogP contribution in [0.3, 0.4) is 0 Å². The van der Waals surface area contributed by atoms with Gasteiger partial charge in [0.2, 0.25) is 0 Å². The summed E-state index contributed by atoms with van der Waals surface area (Å²) < 4.78 is 5.26. The van der Waals surface area contributed by atoms with Gasteiger partial charge in [0.1, 0.15) is 5.75 Å². The summed E-state index contributed by atoms with van der Waals surface area (Å²) in [6.07, 6.45) is 0. The van der Waals surface area contributed by atoms with E-state index in [1.54, 1.807) is 19.2 Å². The Bertz CT molecular complexity index is 596. The fraction of sp³-hybridized carbons (Fsp3) is 0.188. The van der Waals surface area contributed by atoms with Gasteiger partial charge in [0.15, 0.2) is 6.04 Å². The monoisotopic (exact) mass is 271 g/mol. The number of nitrogens with one attached hydrogen (secondary N) is 1. The molecule has 4 heteroatoms. The Balaban J connectivity index is 2.34. The van der Waals surface area contributed by atoms with Crippen LogP contribution in [0.2, 0.25) is 0 Å². The lowest BCUT2D eigenvalue weighted by molar-refractivity contribution is -0.138. The average molecular weight is 271 g/mol. The highest BCUT2D eigenvalue weighted by molar-refractivity contribution is 5.80. The molecular weight excluding hydrogens is 254 g/mol. The smallest absolute Gasteiger partial charge is 0.330 e. The summed E-state index contributed by atoms with van der Waals surface area (Å²) in [5, 5.41) is 12.4. The highest BCUT2D eigenvalue weighted by Crippen LogP contribution is 2.29. The molecule has 2 rings (SSSR count). The predicted molar refractivity (Wildman–Crippen MR) is 78.2 cm³/mol. The predicted octanol–water partition coefficient (Wildman–Crippen LogP) is 3.24. The lowest BCUT2D eigenvalue weighted by Crippen LogP contribution is -2.20. The topological polar surface area (TPSA) is 58.6 Å². The van der Waals surface area contributed by atoms with Gasteiger partial charge in [-0.1, -0.05) is 36.4 Å². The summed E-state index contributed by atoms with van der Waals surface area (Å²) in [7, 11) is 1.56. The first-order valence-corrected chi connectivity index (χ1v) is 6.30. The number of carbonyl (C=O) groups is 1. The zero-order valence-corrected chi connectivity index (χ0v) is 11.5. The van der Waals surface area contributed by atoms with E-state index in [2.05, 4.69) is 5.32 Å². The maximum atomic E-state index is 11.5. The number of carboxylic acid groups (broad SMARTS) is 1. The standard InChI is InChI=1S/C16H17NO3/c1-11-8-9-14(20-2)13(10-11)17-15(16(18)19)12-6-4-3-5-7-12/h3-10,15,17H,1-2H3,(H,18,19). The molecule has 0 aliphatic heterocycles. The van der Waals surface area contributed by atoms with Crippen LogP contribution in [0, 0.1) is 6.92 Å². The lowest BCUT2D eigenvalue weighted by Gasteiger charge is -2.18. The normalized spacial score (nSPS) is 11.7. The first-order chi connectivity index (χ1) is 9.61. The first kappa shape index (κ1) is 13.9. The number of rotatable bonds is 5. The van der Waals surface area contributed by atoms with Crippen molar-refractivity contribution in [1.29, 1.82) is 0 Å². The first-order valence-electron chi connectivity index (χ1n) is 6.30. The van der Waals surface area contributed by atoms with Crippen molar-refractivity contribution in [3.63, 3.8) is 0 Å². The highest BCUT2D eigenvalue weighted by atomic mass is 16.5. The van der Waals surface area contributed by atoms with E-state index in [1.165, 1.54) is 0 Å². The highest BCUT2D eigenvalue weighted by Gasteiger charge is 2.20. The maximum Gasteiger partial charge on any atom is 0.330 e. The van der Waals surface area contributed by atoms with E-state index in [1.807, 2.05) is 43.3 Å². The Morgan fingerprint density at radius 2 is 1.90 bits per heavy atom. The SMILES string of the molecule is COc1ccc(C)cc1NC(C(=O)O)c1ccccc1. The molecule has 20 heavy (non-hydrogen) atoms. The molecule has 2 N–H and O–H groups in total. The number of hydrogen-bond donors (Lipinski definition) is 2. The van der Waals surface area contributed by atoms with Crippen LogP contribution in [0.15, 0.2) is 48.5 Å². The molecular formula is C16H17NO3. The van der Waals surface area contributed by atoms with E-state index in [-0.39, 0.29) is 0 Å². The molecule has 0 aliphatic carbocycles. The van der Waals surface area contributed by atoms with Crippen LogP contribution in [-0.4, -0.2) is 18.2 Å². The summed E-state index contributed by atoms with van der Waals surface area (Å²) in [5.74, 6) is -0.308. The van der Waals surface area contributed by atoms with Gasteiger partial charge >= 0.3 is 5.97 Å². The molecule has 104 valence electrons. The number of aryl methyl sites for hydroxylation is 1. The third-order valence-corrected chi connectivity index (χ3v) is 3.03. The quantitative estimate of drug-likeness (QED) is 0.876. The van der Waals surface area contributed by atoms with Crippen LogP contribution in [0.4, 0.5) is 5.69 Å². The number of ether oxygens (including phenoxy) is 1. The van der Waals surface area contributed by atoms with Gasteiger partial charge in [0.05, 0.1) is 12.8 Å². The molecule has 2 aromatic rings. The van der Waals surface area contributed by atoms with Gasteiger partial charge in [0.25, 0.3) is 0 Å². The second-order valence-corrected chi connectivity index (χ2v) is 4.53. The fourth-order valence-corrected chi connectivity index (χ4v) is 2.02. The molecule has 0 aliphatic rings. The van der Waals surface area contributed by atoms with E-state index in [9.17, 15) is 9.90 Å². The zero-order valence-electron chi connectivity index (χ0n) is 11.5. The van der Waals surface area contributed by atoms with Crippen LogP contribution >= 0.6 is 0 Å². The molecule has 1 atom stereocenters. The molecule has 0 spiro atoms. The third kappa shape index (κ3) is 3.09. The summed E-state index contributed by atoms with van der Waals surface area (Å²) in [6.45, 7) is 1.95. The van der Waals surface area contributed by atoms with Crippen molar-refractivity contribution in [2.45, 2.75) is 13.0 Å². The Morgan fingerprint density at radius 3 is 2.50 bits per heavy atom. The Labute approximate surface area is 118 Å². The number of benzene rings is 2. The van der Waals surface area contributed by atoms with Gasteiger partial charge in [-0.15, -0.1) is 0 Å². The molecule has 0 radical (unpaired) electrons. The Kier molecular flexibility index (Phi) is 4.25. The van der Waals surface area contributed by atoms with E-state index >= 15 is 0 Å². The van der Waals surface area contributed by atoms with E-state index in [0.29, 0.717) is 17.0 Å². The van der Waals surface area contributed by atoms with Gasteiger partial charge in [-0.25, -0.2) is 4.79 Å². The Morgan fingerprint density at radius 1 is 1.20 bits per heavy atom. The molecule has 0 amide bonds. The molecule has 0 aromatic heterocycles. The minimum atomic E-state index is -0.931. The maximum absolute atomic E-state index is 11.5. The largest absolute Gasteiger partial charge is 0.495 e. The summed E-state index contributed by atoms with van der Waals surface area (Å²) in [6, 6.07) is 13.9. The van der Waals surface area contributed by atoms with Gasteiger partial charge in [0, 0.05) is 0 Å². The molecule has 0 fully saturated rings. The minimum absolute atomic E-state index is 0.623. The summed E-state index contributed by atoms with van der Waals surface area (Å²) in [5.41, 5.74) is 2.40. The molecule has 4 nitrogen and oxygen atoms in total. The number of aliphatic carboxylic acids is 1. The van der Waals surface area contributed by atoms with Gasteiger partial charge in [-0.3, -0.25) is 0 Å². The van der Waals surface area contributed by atoms with E-state index < -0.39 is 12.0 Å². The molecule has 0 bridgehead atoms. The fourth-order valence-electron chi connectivity index (χ4n) is 2.02. The van der Waals surface area contributed by atoms with Gasteiger partial charge in [-0.05, 0) is 30.2 Å². The summed E-state index contributed by atoms with van der Waals surface area (Å²) in [4.78, 5) is 11.5. The molecule has 0 saturated carbocycles. The minimum Gasteiger partial charge on any atom is -0.495 e. The second-order valence-electron chi connectivity index (χ2n) is 4.53. The van der Waals surface area contributed by atoms with Crippen molar-refractivity contribution in [2.24, 2.45) is 0 Å². The molecule has 1 unspecified atom stereocenters. The number of hydrogen-bond acceptors (Lipinski definition) is 3. The van der Waals surface area contributed by atoms with Gasteiger partial charge in [-0.2, -0.15) is 0 Å².